The minimum atomic E-state index is -1.71. The van der Waals surface area contributed by atoms with Gasteiger partial charge in [0.25, 0.3) is 0 Å². The van der Waals surface area contributed by atoms with Crippen LogP contribution in [0, 0.1) is 5.82 Å². The van der Waals surface area contributed by atoms with Gasteiger partial charge in [0.15, 0.2) is 11.6 Å². The Balaban J connectivity index is 2.12. The zero-order valence-corrected chi connectivity index (χ0v) is 25.7. The molecule has 0 spiro atoms. The van der Waals surface area contributed by atoms with Crippen molar-refractivity contribution in [2.24, 2.45) is 0 Å². The molecule has 4 aromatic rings. The number of pyridine rings is 2. The van der Waals surface area contributed by atoms with E-state index < -0.39 is 17.3 Å². The van der Waals surface area contributed by atoms with Crippen LogP contribution < -0.4 is 18.9 Å². The summed E-state index contributed by atoms with van der Waals surface area (Å²) in [6, 6.07) is 15.8. The van der Waals surface area contributed by atoms with Gasteiger partial charge in [0.2, 0.25) is 17.6 Å². The van der Waals surface area contributed by atoms with E-state index in [9.17, 15) is 5.11 Å². The van der Waals surface area contributed by atoms with E-state index in [1.165, 1.54) is 21.3 Å². The van der Waals surface area contributed by atoms with Crippen LogP contribution in [0.5, 0.6) is 23.4 Å². The molecule has 0 amide bonds. The van der Waals surface area contributed by atoms with Gasteiger partial charge in [-0.05, 0) is 63.3 Å². The number of fused-ring (bicyclic) bond motifs is 1. The average molecular weight is 629 g/mol. The first-order valence-corrected chi connectivity index (χ1v) is 14.0. The first-order valence-electron chi connectivity index (χ1n) is 13.2. The normalized spacial score (nSPS) is 13.6. The van der Waals surface area contributed by atoms with Crippen molar-refractivity contribution in [1.29, 1.82) is 0 Å². The van der Waals surface area contributed by atoms with Gasteiger partial charge in [-0.1, -0.05) is 28.1 Å². The number of methoxy groups -OCH3 is 3. The molecule has 2 atom stereocenters. The highest BCUT2D eigenvalue weighted by Crippen LogP contribution is 2.49. The van der Waals surface area contributed by atoms with Crippen molar-refractivity contribution in [1.82, 2.24) is 14.9 Å². The van der Waals surface area contributed by atoms with Gasteiger partial charge in [0, 0.05) is 39.7 Å². The van der Waals surface area contributed by atoms with Gasteiger partial charge < -0.3 is 29.0 Å². The summed E-state index contributed by atoms with van der Waals surface area (Å²) in [6.07, 6.45) is 0.208. The second kappa shape index (κ2) is 13.0. The van der Waals surface area contributed by atoms with Crippen molar-refractivity contribution in [3.8, 4) is 23.4 Å². The fourth-order valence-electron chi connectivity index (χ4n) is 5.01. The highest BCUT2D eigenvalue weighted by molar-refractivity contribution is 9.10. The van der Waals surface area contributed by atoms with Crippen LogP contribution in [0.2, 0.25) is 0 Å². The summed E-state index contributed by atoms with van der Waals surface area (Å²) in [5.74, 6) is -0.730. The SMILES string of the molecule is CCOc1cc([C@](O)(CCN(C)C)[C@@H](c2cc3cc(Br)ccc3nc2OC)c2cccc(OC)c2F)cc(OC)n1. The van der Waals surface area contributed by atoms with Crippen molar-refractivity contribution in [3.05, 3.63) is 81.6 Å². The predicted octanol–water partition coefficient (Wildman–Crippen LogP) is 5.93. The maximum Gasteiger partial charge on any atom is 0.217 e. The van der Waals surface area contributed by atoms with Crippen LogP contribution in [0.4, 0.5) is 4.39 Å². The van der Waals surface area contributed by atoms with E-state index in [2.05, 4.69) is 20.9 Å². The molecule has 0 bridgehead atoms. The molecule has 0 unspecified atom stereocenters. The third-order valence-electron chi connectivity index (χ3n) is 7.00. The highest BCUT2D eigenvalue weighted by atomic mass is 79.9. The molecule has 4 rings (SSSR count). The molecule has 0 radical (unpaired) electrons. The summed E-state index contributed by atoms with van der Waals surface area (Å²) in [6.45, 7) is 2.68. The molecule has 0 aliphatic heterocycles. The lowest BCUT2D eigenvalue weighted by molar-refractivity contribution is 0.00228. The number of hydrogen-bond acceptors (Lipinski definition) is 8. The van der Waals surface area contributed by atoms with Gasteiger partial charge in [-0.15, -0.1) is 0 Å². The van der Waals surface area contributed by atoms with E-state index in [4.69, 9.17) is 23.9 Å². The van der Waals surface area contributed by atoms with Crippen LogP contribution >= 0.6 is 15.9 Å². The molecule has 2 heterocycles. The first-order chi connectivity index (χ1) is 19.6. The van der Waals surface area contributed by atoms with Crippen molar-refractivity contribution in [3.63, 3.8) is 0 Å². The Labute approximate surface area is 248 Å². The fraction of sp³-hybridized carbons (Fsp3) is 0.355. The van der Waals surface area contributed by atoms with Gasteiger partial charge in [-0.2, -0.15) is 4.98 Å². The van der Waals surface area contributed by atoms with Crippen molar-refractivity contribution < 1.29 is 28.4 Å². The molecule has 0 aliphatic rings. The second-order valence-electron chi connectivity index (χ2n) is 9.87. The molecule has 0 saturated carbocycles. The molecule has 10 heteroatoms. The minimum absolute atomic E-state index is 0.0558. The van der Waals surface area contributed by atoms with Crippen molar-refractivity contribution >= 4 is 26.8 Å². The van der Waals surface area contributed by atoms with Crippen molar-refractivity contribution in [2.45, 2.75) is 24.9 Å². The Hall–Kier alpha value is -3.47. The number of ether oxygens (including phenoxy) is 4. The number of halogens is 2. The van der Waals surface area contributed by atoms with Crippen LogP contribution in [-0.2, 0) is 5.60 Å². The predicted molar refractivity (Wildman–Crippen MR) is 160 cm³/mol. The molecule has 218 valence electrons. The Morgan fingerprint density at radius 1 is 0.951 bits per heavy atom. The van der Waals surface area contributed by atoms with E-state index >= 15 is 4.39 Å². The van der Waals surface area contributed by atoms with Gasteiger partial charge >= 0.3 is 0 Å². The van der Waals surface area contributed by atoms with Gasteiger partial charge in [0.05, 0.1) is 39.4 Å². The monoisotopic (exact) mass is 627 g/mol. The zero-order valence-electron chi connectivity index (χ0n) is 24.1. The summed E-state index contributed by atoms with van der Waals surface area (Å²) < 4.78 is 39.4. The van der Waals surface area contributed by atoms with Crippen LogP contribution in [-0.4, -0.2) is 68.6 Å². The van der Waals surface area contributed by atoms with Crippen LogP contribution in [0.1, 0.15) is 36.0 Å². The molecule has 2 aromatic carbocycles. The highest BCUT2D eigenvalue weighted by Gasteiger charge is 2.44. The van der Waals surface area contributed by atoms with Crippen LogP contribution in [0.25, 0.3) is 10.9 Å². The summed E-state index contributed by atoms with van der Waals surface area (Å²) >= 11 is 3.54. The largest absolute Gasteiger partial charge is 0.494 e. The quantitative estimate of drug-likeness (QED) is 0.207. The van der Waals surface area contributed by atoms with Gasteiger partial charge in [0.1, 0.15) is 5.60 Å². The van der Waals surface area contributed by atoms with Gasteiger partial charge in [-0.25, -0.2) is 9.37 Å². The molecule has 0 saturated heterocycles. The fourth-order valence-corrected chi connectivity index (χ4v) is 5.39. The first kappa shape index (κ1) is 30.5. The molecule has 0 aliphatic carbocycles. The molecule has 2 aromatic heterocycles. The second-order valence-corrected chi connectivity index (χ2v) is 10.8. The van der Waals surface area contributed by atoms with Crippen LogP contribution in [0.15, 0.2) is 59.1 Å². The van der Waals surface area contributed by atoms with Crippen LogP contribution in [0.3, 0.4) is 0 Å². The van der Waals surface area contributed by atoms with E-state index in [0.29, 0.717) is 29.8 Å². The van der Waals surface area contributed by atoms with E-state index in [1.807, 2.05) is 50.2 Å². The topological polar surface area (TPSA) is 86.2 Å². The standard InChI is InChI=1S/C31H35BrFN3O5/c1-7-41-27-18-20(17-26(35-27)39-5)31(37,13-14-36(2)3)28(22-9-8-10-25(38-4)29(22)33)23-16-19-15-21(32)11-12-24(19)34-30(23)40-6/h8-12,15-18,28,37H,7,13-14H2,1-6H3/t28-,31-/m1/s1. The maximum atomic E-state index is 16.2. The minimum Gasteiger partial charge on any atom is -0.494 e. The molecule has 8 nitrogen and oxygen atoms in total. The summed E-state index contributed by atoms with van der Waals surface area (Å²) in [5.41, 5.74) is 0.140. The third kappa shape index (κ3) is 6.39. The van der Waals surface area contributed by atoms with Gasteiger partial charge in [-0.3, -0.25) is 0 Å². The number of hydrogen-bond donors (Lipinski definition) is 1. The lowest BCUT2D eigenvalue weighted by Gasteiger charge is -2.39. The molecular weight excluding hydrogens is 593 g/mol. The molecule has 41 heavy (non-hydrogen) atoms. The Kier molecular flexibility index (Phi) is 9.68. The molecule has 0 fully saturated rings. The van der Waals surface area contributed by atoms with E-state index in [1.54, 1.807) is 30.3 Å². The molecule has 1 N–H and O–H groups in total. The number of rotatable bonds is 12. The lowest BCUT2D eigenvalue weighted by atomic mass is 9.71. The number of aliphatic hydroxyl groups is 1. The van der Waals surface area contributed by atoms with E-state index in [-0.39, 0.29) is 35.4 Å². The maximum absolute atomic E-state index is 16.2. The number of nitrogens with zero attached hydrogens (tertiary/aromatic N) is 3. The Morgan fingerprint density at radius 2 is 1.71 bits per heavy atom. The number of benzene rings is 2. The van der Waals surface area contributed by atoms with Crippen molar-refractivity contribution in [2.75, 3.05) is 48.6 Å². The lowest BCUT2D eigenvalue weighted by Crippen LogP contribution is -2.38. The number of aromatic nitrogens is 2. The zero-order chi connectivity index (χ0) is 29.7. The Bertz CT molecular complexity index is 1520. The van der Waals surface area contributed by atoms with E-state index in [0.717, 1.165) is 9.86 Å². The average Bonchev–Trinajstić information content (AvgIpc) is 2.96. The summed E-state index contributed by atoms with van der Waals surface area (Å²) in [5, 5.41) is 13.8. The Morgan fingerprint density at radius 3 is 2.37 bits per heavy atom. The third-order valence-corrected chi connectivity index (χ3v) is 7.49. The summed E-state index contributed by atoms with van der Waals surface area (Å²) in [7, 11) is 8.24. The molecular formula is C31H35BrFN3O5. The summed E-state index contributed by atoms with van der Waals surface area (Å²) in [4.78, 5) is 11.1. The smallest absolute Gasteiger partial charge is 0.217 e.